The average Bonchev–Trinajstić information content (AvgIpc) is 3.13. The van der Waals surface area contributed by atoms with Crippen LogP contribution in [0.5, 0.6) is 0 Å². The van der Waals surface area contributed by atoms with E-state index in [0.717, 1.165) is 18.7 Å². The minimum Gasteiger partial charge on any atom is -0.326 e. The van der Waals surface area contributed by atoms with Crippen LogP contribution in [0.4, 0.5) is 11.4 Å². The number of rotatable bonds is 4. The molecule has 1 saturated heterocycles. The maximum Gasteiger partial charge on any atom is 0.252 e. The molecule has 0 saturated carbocycles. The van der Waals surface area contributed by atoms with Gasteiger partial charge in [0.1, 0.15) is 5.54 Å². The van der Waals surface area contributed by atoms with E-state index in [-0.39, 0.29) is 11.8 Å². The Labute approximate surface area is 146 Å². The second kappa shape index (κ2) is 7.06. The normalized spacial score (nSPS) is 16.2. The first kappa shape index (κ1) is 17.2. The van der Waals surface area contributed by atoms with E-state index < -0.39 is 5.54 Å². The number of nitrogens with one attached hydrogen (secondary N) is 3. The van der Waals surface area contributed by atoms with Crippen LogP contribution in [-0.4, -0.2) is 34.7 Å². The van der Waals surface area contributed by atoms with Gasteiger partial charge >= 0.3 is 0 Å². The summed E-state index contributed by atoms with van der Waals surface area (Å²) < 4.78 is 1.76. The first-order valence-corrected chi connectivity index (χ1v) is 8.42. The zero-order valence-electron chi connectivity index (χ0n) is 14.5. The molecule has 3 rings (SSSR count). The van der Waals surface area contributed by atoms with Crippen molar-refractivity contribution >= 4 is 23.2 Å². The first-order valence-electron chi connectivity index (χ1n) is 8.42. The molecule has 0 atom stereocenters. The maximum atomic E-state index is 13.2. The predicted molar refractivity (Wildman–Crippen MR) is 96.4 cm³/mol. The Morgan fingerprint density at radius 1 is 1.24 bits per heavy atom. The van der Waals surface area contributed by atoms with Crippen LogP contribution in [0.3, 0.4) is 0 Å². The van der Waals surface area contributed by atoms with Crippen molar-refractivity contribution in [1.82, 2.24) is 15.1 Å². The summed E-state index contributed by atoms with van der Waals surface area (Å²) in [7, 11) is 0. The highest BCUT2D eigenvalue weighted by Gasteiger charge is 2.42. The number of piperidine rings is 1. The highest BCUT2D eigenvalue weighted by molar-refractivity contribution is 5.98. The van der Waals surface area contributed by atoms with Gasteiger partial charge in [-0.25, -0.2) is 0 Å². The average molecular weight is 341 g/mol. The summed E-state index contributed by atoms with van der Waals surface area (Å²) in [5.74, 6) is -0.228. The molecule has 0 unspecified atom stereocenters. The number of carbonyl (C=O) groups excluding carboxylic acids is 2. The topological polar surface area (TPSA) is 88.1 Å². The molecule has 0 radical (unpaired) electrons. The summed E-state index contributed by atoms with van der Waals surface area (Å²) in [5.41, 5.74) is 1.59. The number of carbonyl (C=O) groups is 2. The molecule has 25 heavy (non-hydrogen) atoms. The standard InChI is InChI=1S/C18H23N5O2/c1-13-4-5-15(21-14(2)24)12-16(13)22-17(25)18(6-9-19-10-7-18)23-11-3-8-20-23/h3-5,8,11-12,19H,6-7,9-10H2,1-2H3,(H,21,24)(H,22,25). The Hall–Kier alpha value is -2.67. The molecule has 7 nitrogen and oxygen atoms in total. The Kier molecular flexibility index (Phi) is 4.85. The molecule has 2 heterocycles. The number of aromatic nitrogens is 2. The number of benzene rings is 1. The van der Waals surface area contributed by atoms with Crippen molar-refractivity contribution in [2.45, 2.75) is 32.2 Å². The third-order valence-electron chi connectivity index (χ3n) is 4.60. The molecular weight excluding hydrogens is 318 g/mol. The number of anilines is 2. The molecular formula is C18H23N5O2. The molecule has 2 amide bonds. The van der Waals surface area contributed by atoms with Gasteiger partial charge in [0, 0.05) is 30.7 Å². The summed E-state index contributed by atoms with van der Waals surface area (Å²) >= 11 is 0. The fourth-order valence-electron chi connectivity index (χ4n) is 3.20. The second-order valence-corrected chi connectivity index (χ2v) is 6.40. The quantitative estimate of drug-likeness (QED) is 0.792. The van der Waals surface area contributed by atoms with Gasteiger partial charge in [-0.15, -0.1) is 0 Å². The lowest BCUT2D eigenvalue weighted by atomic mass is 9.87. The van der Waals surface area contributed by atoms with Crippen molar-refractivity contribution in [3.63, 3.8) is 0 Å². The fourth-order valence-corrected chi connectivity index (χ4v) is 3.20. The van der Waals surface area contributed by atoms with Gasteiger partial charge < -0.3 is 16.0 Å². The van der Waals surface area contributed by atoms with E-state index in [1.807, 2.05) is 31.3 Å². The number of nitrogens with zero attached hydrogens (tertiary/aromatic N) is 2. The second-order valence-electron chi connectivity index (χ2n) is 6.40. The van der Waals surface area contributed by atoms with E-state index in [4.69, 9.17) is 0 Å². The van der Waals surface area contributed by atoms with E-state index in [1.165, 1.54) is 6.92 Å². The third-order valence-corrected chi connectivity index (χ3v) is 4.60. The first-order chi connectivity index (χ1) is 12.0. The van der Waals surface area contributed by atoms with Crippen molar-refractivity contribution in [2.75, 3.05) is 23.7 Å². The molecule has 3 N–H and O–H groups in total. The lowest BCUT2D eigenvalue weighted by Gasteiger charge is -2.36. The summed E-state index contributed by atoms with van der Waals surface area (Å²) in [4.78, 5) is 24.5. The van der Waals surface area contributed by atoms with Crippen LogP contribution in [0.25, 0.3) is 0 Å². The number of hydrogen-bond acceptors (Lipinski definition) is 4. The van der Waals surface area contributed by atoms with Crippen molar-refractivity contribution in [3.05, 3.63) is 42.2 Å². The molecule has 0 spiro atoms. The molecule has 0 aliphatic carbocycles. The number of aryl methyl sites for hydroxylation is 1. The molecule has 7 heteroatoms. The summed E-state index contributed by atoms with van der Waals surface area (Å²) in [6.45, 7) is 4.91. The Morgan fingerprint density at radius 3 is 2.64 bits per heavy atom. The monoisotopic (exact) mass is 341 g/mol. The molecule has 1 aliphatic heterocycles. The van der Waals surface area contributed by atoms with E-state index >= 15 is 0 Å². The van der Waals surface area contributed by atoms with Crippen LogP contribution < -0.4 is 16.0 Å². The van der Waals surface area contributed by atoms with Crippen molar-refractivity contribution in [2.24, 2.45) is 0 Å². The van der Waals surface area contributed by atoms with Crippen LogP contribution >= 0.6 is 0 Å². The van der Waals surface area contributed by atoms with Crippen LogP contribution in [-0.2, 0) is 15.1 Å². The minimum atomic E-state index is -0.703. The smallest absolute Gasteiger partial charge is 0.252 e. The predicted octanol–water partition coefficient (Wildman–Crippen LogP) is 1.87. The minimum absolute atomic E-state index is 0.0826. The lowest BCUT2D eigenvalue weighted by Crippen LogP contribution is -2.52. The van der Waals surface area contributed by atoms with Gasteiger partial charge in [0.05, 0.1) is 0 Å². The van der Waals surface area contributed by atoms with Crippen LogP contribution in [0.1, 0.15) is 25.3 Å². The molecule has 132 valence electrons. The summed E-state index contributed by atoms with van der Waals surface area (Å²) in [5, 5.41) is 13.4. The zero-order chi connectivity index (χ0) is 17.9. The number of hydrogen-bond donors (Lipinski definition) is 3. The highest BCUT2D eigenvalue weighted by atomic mass is 16.2. The van der Waals surface area contributed by atoms with Gasteiger partial charge in [-0.3, -0.25) is 14.3 Å². The van der Waals surface area contributed by atoms with Crippen LogP contribution in [0.15, 0.2) is 36.7 Å². The third kappa shape index (κ3) is 3.56. The lowest BCUT2D eigenvalue weighted by molar-refractivity contribution is -0.126. The highest BCUT2D eigenvalue weighted by Crippen LogP contribution is 2.30. The fraction of sp³-hybridized carbons (Fsp3) is 0.389. The molecule has 1 aromatic heterocycles. The Bertz CT molecular complexity index is 764. The Morgan fingerprint density at radius 2 is 2.00 bits per heavy atom. The van der Waals surface area contributed by atoms with Crippen molar-refractivity contribution < 1.29 is 9.59 Å². The molecule has 0 bridgehead atoms. The van der Waals surface area contributed by atoms with E-state index in [2.05, 4.69) is 21.0 Å². The van der Waals surface area contributed by atoms with Crippen molar-refractivity contribution in [1.29, 1.82) is 0 Å². The van der Waals surface area contributed by atoms with Crippen molar-refractivity contribution in [3.8, 4) is 0 Å². The van der Waals surface area contributed by atoms with E-state index in [0.29, 0.717) is 24.2 Å². The van der Waals surface area contributed by atoms with E-state index in [9.17, 15) is 9.59 Å². The van der Waals surface area contributed by atoms with Gasteiger partial charge in [-0.2, -0.15) is 5.10 Å². The summed E-state index contributed by atoms with van der Waals surface area (Å²) in [6.07, 6.45) is 4.88. The number of amides is 2. The Balaban J connectivity index is 1.88. The zero-order valence-corrected chi connectivity index (χ0v) is 14.5. The van der Waals surface area contributed by atoms with Gasteiger partial charge in [0.15, 0.2) is 0 Å². The molecule has 1 fully saturated rings. The van der Waals surface area contributed by atoms with Gasteiger partial charge in [0.2, 0.25) is 5.91 Å². The van der Waals surface area contributed by atoms with Gasteiger partial charge in [-0.1, -0.05) is 6.07 Å². The summed E-state index contributed by atoms with van der Waals surface area (Å²) in [6, 6.07) is 7.32. The van der Waals surface area contributed by atoms with Gasteiger partial charge in [-0.05, 0) is 56.6 Å². The molecule has 1 aliphatic rings. The van der Waals surface area contributed by atoms with Gasteiger partial charge in [0.25, 0.3) is 5.91 Å². The van der Waals surface area contributed by atoms with E-state index in [1.54, 1.807) is 16.9 Å². The maximum absolute atomic E-state index is 13.2. The SMILES string of the molecule is CC(=O)Nc1ccc(C)c(NC(=O)C2(n3cccn3)CCNCC2)c1. The molecule has 1 aromatic carbocycles. The van der Waals surface area contributed by atoms with Crippen LogP contribution in [0.2, 0.25) is 0 Å². The largest absolute Gasteiger partial charge is 0.326 e. The molecule has 2 aromatic rings. The van der Waals surface area contributed by atoms with Crippen LogP contribution in [0, 0.1) is 6.92 Å².